The van der Waals surface area contributed by atoms with Gasteiger partial charge in [-0.15, -0.1) is 0 Å². The minimum Gasteiger partial charge on any atom is -0.390 e. The summed E-state index contributed by atoms with van der Waals surface area (Å²) < 4.78 is 0. The van der Waals surface area contributed by atoms with Crippen molar-refractivity contribution in [2.75, 3.05) is 0 Å². The number of carbonyl (C=O) groups is 1. The third-order valence-corrected chi connectivity index (χ3v) is 2.11. The van der Waals surface area contributed by atoms with Crippen LogP contribution in [0.4, 0.5) is 0 Å². The molecule has 2 nitrogen and oxygen atoms in total. The molecule has 0 aliphatic heterocycles. The maximum Gasteiger partial charge on any atom is 0.136 e. The van der Waals surface area contributed by atoms with E-state index in [1.165, 1.54) is 12.5 Å². The van der Waals surface area contributed by atoms with E-state index in [-0.39, 0.29) is 11.7 Å². The molecule has 0 radical (unpaired) electrons. The SMILES string of the molecule is CC(=O)C(CC=C(C)C)C(C)(C)O. The zero-order valence-corrected chi connectivity index (χ0v) is 9.22. The molecule has 0 spiro atoms. The van der Waals surface area contributed by atoms with Crippen LogP contribution in [0, 0.1) is 5.92 Å². The fourth-order valence-electron chi connectivity index (χ4n) is 1.31. The molecule has 2 heteroatoms. The molecule has 0 aromatic heterocycles. The van der Waals surface area contributed by atoms with E-state index in [2.05, 4.69) is 0 Å². The van der Waals surface area contributed by atoms with E-state index in [4.69, 9.17) is 0 Å². The Balaban J connectivity index is 4.47. The molecule has 0 aliphatic rings. The largest absolute Gasteiger partial charge is 0.390 e. The molecule has 0 saturated carbocycles. The zero-order chi connectivity index (χ0) is 10.6. The van der Waals surface area contributed by atoms with E-state index in [1.807, 2.05) is 19.9 Å². The van der Waals surface area contributed by atoms with E-state index in [9.17, 15) is 9.90 Å². The van der Waals surface area contributed by atoms with Crippen molar-refractivity contribution in [3.8, 4) is 0 Å². The van der Waals surface area contributed by atoms with Crippen molar-refractivity contribution < 1.29 is 9.90 Å². The van der Waals surface area contributed by atoms with Gasteiger partial charge >= 0.3 is 0 Å². The Kier molecular flexibility index (Phi) is 4.34. The summed E-state index contributed by atoms with van der Waals surface area (Å²) in [7, 11) is 0. The number of hydrogen-bond donors (Lipinski definition) is 1. The van der Waals surface area contributed by atoms with E-state index in [1.54, 1.807) is 13.8 Å². The summed E-state index contributed by atoms with van der Waals surface area (Å²) >= 11 is 0. The second-order valence-electron chi connectivity index (χ2n) is 4.33. The van der Waals surface area contributed by atoms with Crippen molar-refractivity contribution in [1.82, 2.24) is 0 Å². The van der Waals surface area contributed by atoms with E-state index in [0.29, 0.717) is 6.42 Å². The molecule has 1 unspecified atom stereocenters. The van der Waals surface area contributed by atoms with Gasteiger partial charge in [-0.2, -0.15) is 0 Å². The van der Waals surface area contributed by atoms with Gasteiger partial charge in [-0.25, -0.2) is 0 Å². The van der Waals surface area contributed by atoms with Crippen LogP contribution in [0.1, 0.15) is 41.0 Å². The van der Waals surface area contributed by atoms with Gasteiger partial charge in [-0.05, 0) is 41.0 Å². The minimum absolute atomic E-state index is 0.0463. The maximum absolute atomic E-state index is 11.2. The molecule has 1 atom stereocenters. The molecule has 0 rings (SSSR count). The summed E-state index contributed by atoms with van der Waals surface area (Å²) in [5, 5.41) is 9.71. The molecule has 1 N–H and O–H groups in total. The summed E-state index contributed by atoms with van der Waals surface area (Å²) in [4.78, 5) is 11.2. The van der Waals surface area contributed by atoms with Gasteiger partial charge in [0, 0.05) is 5.92 Å². The van der Waals surface area contributed by atoms with Crippen LogP contribution in [0.15, 0.2) is 11.6 Å². The van der Waals surface area contributed by atoms with Crippen molar-refractivity contribution in [2.45, 2.75) is 46.6 Å². The van der Waals surface area contributed by atoms with Crippen LogP contribution in [0.3, 0.4) is 0 Å². The van der Waals surface area contributed by atoms with Crippen LogP contribution in [-0.4, -0.2) is 16.5 Å². The summed E-state index contributed by atoms with van der Waals surface area (Å²) in [6.07, 6.45) is 2.62. The average molecular weight is 184 g/mol. The fourth-order valence-corrected chi connectivity index (χ4v) is 1.31. The number of carbonyl (C=O) groups excluding carboxylic acids is 1. The highest BCUT2D eigenvalue weighted by Gasteiger charge is 2.29. The number of rotatable bonds is 4. The van der Waals surface area contributed by atoms with Crippen molar-refractivity contribution in [2.24, 2.45) is 5.92 Å². The van der Waals surface area contributed by atoms with Gasteiger partial charge in [0.25, 0.3) is 0 Å². The maximum atomic E-state index is 11.2. The summed E-state index contributed by atoms with van der Waals surface area (Å²) in [5.41, 5.74) is 0.258. The molecule has 0 aromatic rings. The van der Waals surface area contributed by atoms with Gasteiger partial charge < -0.3 is 5.11 Å². The Morgan fingerprint density at radius 1 is 1.38 bits per heavy atom. The molecular weight excluding hydrogens is 164 g/mol. The molecule has 0 aromatic carbocycles. The Morgan fingerprint density at radius 2 is 1.85 bits per heavy atom. The third kappa shape index (κ3) is 4.83. The third-order valence-electron chi connectivity index (χ3n) is 2.11. The fraction of sp³-hybridized carbons (Fsp3) is 0.727. The Labute approximate surface area is 80.7 Å². The van der Waals surface area contributed by atoms with Gasteiger partial charge in [0.1, 0.15) is 5.78 Å². The Bertz CT molecular complexity index is 205. The van der Waals surface area contributed by atoms with Crippen molar-refractivity contribution >= 4 is 5.78 Å². The van der Waals surface area contributed by atoms with Gasteiger partial charge in [-0.1, -0.05) is 11.6 Å². The summed E-state index contributed by atoms with van der Waals surface area (Å²) in [6.45, 7) is 8.86. The predicted molar refractivity (Wildman–Crippen MR) is 54.5 cm³/mol. The first-order valence-electron chi connectivity index (χ1n) is 4.61. The molecule has 0 saturated heterocycles. The average Bonchev–Trinajstić information content (AvgIpc) is 1.81. The number of ketones is 1. The second kappa shape index (κ2) is 4.56. The first kappa shape index (κ1) is 12.4. The quantitative estimate of drug-likeness (QED) is 0.681. The monoisotopic (exact) mass is 184 g/mol. The molecule has 0 amide bonds. The van der Waals surface area contributed by atoms with Crippen LogP contribution in [0.2, 0.25) is 0 Å². The normalized spacial score (nSPS) is 13.7. The topological polar surface area (TPSA) is 37.3 Å². The highest BCUT2D eigenvalue weighted by molar-refractivity contribution is 5.79. The van der Waals surface area contributed by atoms with Gasteiger partial charge in [0.15, 0.2) is 0 Å². The number of hydrogen-bond acceptors (Lipinski definition) is 2. The summed E-state index contributed by atoms with van der Waals surface area (Å²) in [6, 6.07) is 0. The first-order chi connectivity index (χ1) is 5.75. The standard InChI is InChI=1S/C11H20O2/c1-8(2)6-7-10(9(3)12)11(4,5)13/h6,10,13H,7H2,1-5H3. The van der Waals surface area contributed by atoms with Gasteiger partial charge in [0.05, 0.1) is 5.60 Å². The molecule has 0 heterocycles. The molecule has 13 heavy (non-hydrogen) atoms. The van der Waals surface area contributed by atoms with Crippen LogP contribution in [0.5, 0.6) is 0 Å². The van der Waals surface area contributed by atoms with Gasteiger partial charge in [0.2, 0.25) is 0 Å². The van der Waals surface area contributed by atoms with E-state index >= 15 is 0 Å². The minimum atomic E-state index is -0.919. The molecular formula is C11H20O2. The van der Waals surface area contributed by atoms with Crippen LogP contribution in [0.25, 0.3) is 0 Å². The van der Waals surface area contributed by atoms with E-state index in [0.717, 1.165) is 0 Å². The van der Waals surface area contributed by atoms with Crippen molar-refractivity contribution in [1.29, 1.82) is 0 Å². The lowest BCUT2D eigenvalue weighted by molar-refractivity contribution is -0.127. The van der Waals surface area contributed by atoms with Crippen LogP contribution in [-0.2, 0) is 4.79 Å². The number of allylic oxidation sites excluding steroid dienone is 2. The smallest absolute Gasteiger partial charge is 0.136 e. The Hall–Kier alpha value is -0.630. The summed E-state index contributed by atoms with van der Waals surface area (Å²) in [5.74, 6) is -0.243. The highest BCUT2D eigenvalue weighted by Crippen LogP contribution is 2.22. The molecule has 0 fully saturated rings. The predicted octanol–water partition coefficient (Wildman–Crippen LogP) is 2.32. The lowest BCUT2D eigenvalue weighted by Gasteiger charge is -2.26. The number of aliphatic hydroxyl groups is 1. The zero-order valence-electron chi connectivity index (χ0n) is 9.22. The number of Topliss-reactive ketones (excluding diaryl/α,β-unsaturated/α-hetero) is 1. The van der Waals surface area contributed by atoms with Gasteiger partial charge in [-0.3, -0.25) is 4.79 Å². The van der Waals surface area contributed by atoms with Crippen LogP contribution >= 0.6 is 0 Å². The highest BCUT2D eigenvalue weighted by atomic mass is 16.3. The van der Waals surface area contributed by atoms with Crippen molar-refractivity contribution in [3.63, 3.8) is 0 Å². The Morgan fingerprint density at radius 3 is 2.08 bits per heavy atom. The lowest BCUT2D eigenvalue weighted by atomic mass is 9.85. The van der Waals surface area contributed by atoms with Crippen LogP contribution < -0.4 is 0 Å². The molecule has 0 aliphatic carbocycles. The molecule has 0 bridgehead atoms. The lowest BCUT2D eigenvalue weighted by Crippen LogP contribution is -2.35. The van der Waals surface area contributed by atoms with E-state index < -0.39 is 5.60 Å². The van der Waals surface area contributed by atoms with Crippen molar-refractivity contribution in [3.05, 3.63) is 11.6 Å². The second-order valence-corrected chi connectivity index (χ2v) is 4.33. The first-order valence-corrected chi connectivity index (χ1v) is 4.61. The molecule has 76 valence electrons.